The van der Waals surface area contributed by atoms with Crippen molar-refractivity contribution in [2.75, 3.05) is 6.54 Å². The van der Waals surface area contributed by atoms with E-state index in [1.807, 2.05) is 44.2 Å². The van der Waals surface area contributed by atoms with Crippen LogP contribution >= 0.6 is 0 Å². The van der Waals surface area contributed by atoms with E-state index in [4.69, 9.17) is 4.74 Å². The van der Waals surface area contributed by atoms with E-state index in [1.165, 1.54) is 0 Å². The third-order valence-corrected chi connectivity index (χ3v) is 6.84. The molecule has 0 fully saturated rings. The minimum Gasteiger partial charge on any atom is -0.508 e. The van der Waals surface area contributed by atoms with E-state index in [0.29, 0.717) is 37.1 Å². The number of aryl methyl sites for hydroxylation is 1. The van der Waals surface area contributed by atoms with Gasteiger partial charge in [0.15, 0.2) is 0 Å². The SMILES string of the molecule is CCCCCN(C(=O)C(NC(=O)OC(C)(C)C)C(C)CC)C(C(=O)NCc1ccccc1)c1ccc(O)c(C)c1. The van der Waals surface area contributed by atoms with Gasteiger partial charge in [0.2, 0.25) is 11.8 Å². The van der Waals surface area contributed by atoms with Gasteiger partial charge in [-0.05, 0) is 68.9 Å². The smallest absolute Gasteiger partial charge is 0.408 e. The predicted octanol–water partition coefficient (Wildman–Crippen LogP) is 6.02. The Bertz CT molecular complexity index is 1110. The Morgan fingerprint density at radius 1 is 1.02 bits per heavy atom. The van der Waals surface area contributed by atoms with Crippen molar-refractivity contribution in [3.8, 4) is 5.75 Å². The summed E-state index contributed by atoms with van der Waals surface area (Å²) in [4.78, 5) is 42.6. The van der Waals surface area contributed by atoms with Gasteiger partial charge in [0, 0.05) is 13.1 Å². The summed E-state index contributed by atoms with van der Waals surface area (Å²) < 4.78 is 5.47. The fraction of sp³-hybridized carbons (Fsp3) is 0.531. The molecule has 2 aromatic carbocycles. The molecule has 0 heterocycles. The summed E-state index contributed by atoms with van der Waals surface area (Å²) in [6.45, 7) is 13.6. The first-order chi connectivity index (χ1) is 18.9. The van der Waals surface area contributed by atoms with E-state index >= 15 is 0 Å². The van der Waals surface area contributed by atoms with Crippen LogP contribution in [-0.2, 0) is 20.9 Å². The molecule has 0 spiro atoms. The van der Waals surface area contributed by atoms with Gasteiger partial charge in [0.1, 0.15) is 23.4 Å². The number of phenols is 1. The first-order valence-corrected chi connectivity index (χ1v) is 14.3. The van der Waals surface area contributed by atoms with Gasteiger partial charge in [-0.25, -0.2) is 4.79 Å². The van der Waals surface area contributed by atoms with Gasteiger partial charge in [0.05, 0.1) is 0 Å². The van der Waals surface area contributed by atoms with E-state index in [0.717, 1.165) is 18.4 Å². The molecule has 0 saturated carbocycles. The third kappa shape index (κ3) is 9.88. The number of carbonyl (C=O) groups is 3. The largest absolute Gasteiger partial charge is 0.508 e. The summed E-state index contributed by atoms with van der Waals surface area (Å²) in [6, 6.07) is 12.7. The molecule has 2 rings (SSSR count). The van der Waals surface area contributed by atoms with Crippen LogP contribution in [-0.4, -0.2) is 46.1 Å². The molecule has 3 unspecified atom stereocenters. The molecule has 0 saturated heterocycles. The summed E-state index contributed by atoms with van der Waals surface area (Å²) >= 11 is 0. The fourth-order valence-electron chi connectivity index (χ4n) is 4.40. The van der Waals surface area contributed by atoms with Crippen LogP contribution in [0.2, 0.25) is 0 Å². The van der Waals surface area contributed by atoms with Crippen LogP contribution < -0.4 is 10.6 Å². The highest BCUT2D eigenvalue weighted by Crippen LogP contribution is 2.29. The number of rotatable bonds is 13. The van der Waals surface area contributed by atoms with Crippen LogP contribution in [0.4, 0.5) is 4.79 Å². The Kier molecular flexibility index (Phi) is 12.5. The lowest BCUT2D eigenvalue weighted by molar-refractivity contribution is -0.143. The molecule has 8 heteroatoms. The quantitative estimate of drug-likeness (QED) is 0.263. The number of ether oxygens (including phenoxy) is 1. The normalized spacial score (nSPS) is 13.6. The Morgan fingerprint density at radius 3 is 2.27 bits per heavy atom. The average Bonchev–Trinajstić information content (AvgIpc) is 2.90. The van der Waals surface area contributed by atoms with Gasteiger partial charge < -0.3 is 25.4 Å². The average molecular weight is 554 g/mol. The molecule has 0 aliphatic heterocycles. The number of benzene rings is 2. The van der Waals surface area contributed by atoms with Crippen molar-refractivity contribution in [3.63, 3.8) is 0 Å². The van der Waals surface area contributed by atoms with Crippen molar-refractivity contribution < 1.29 is 24.2 Å². The number of nitrogens with zero attached hydrogens (tertiary/aromatic N) is 1. The molecule has 0 aliphatic carbocycles. The maximum atomic E-state index is 14.3. The monoisotopic (exact) mass is 553 g/mol. The molecule has 0 aromatic heterocycles. The lowest BCUT2D eigenvalue weighted by Crippen LogP contribution is -2.55. The number of carbonyl (C=O) groups excluding carboxylic acids is 3. The van der Waals surface area contributed by atoms with Crippen LogP contribution in [0.3, 0.4) is 0 Å². The molecule has 40 heavy (non-hydrogen) atoms. The summed E-state index contributed by atoms with van der Waals surface area (Å²) in [6.07, 6.45) is 2.48. The van der Waals surface area contributed by atoms with E-state index in [1.54, 1.807) is 50.8 Å². The number of nitrogens with one attached hydrogen (secondary N) is 2. The van der Waals surface area contributed by atoms with Gasteiger partial charge in [-0.15, -0.1) is 0 Å². The molecule has 220 valence electrons. The number of unbranched alkanes of at least 4 members (excludes halogenated alkanes) is 2. The minimum atomic E-state index is -0.959. The highest BCUT2D eigenvalue weighted by molar-refractivity contribution is 5.92. The van der Waals surface area contributed by atoms with Crippen molar-refractivity contribution in [3.05, 3.63) is 65.2 Å². The molecule has 3 amide bonds. The molecule has 0 radical (unpaired) electrons. The second-order valence-electron chi connectivity index (χ2n) is 11.4. The van der Waals surface area contributed by atoms with Gasteiger partial charge in [-0.2, -0.15) is 0 Å². The molecule has 3 atom stereocenters. The minimum absolute atomic E-state index is 0.111. The Labute approximate surface area is 239 Å². The maximum Gasteiger partial charge on any atom is 0.408 e. The van der Waals surface area contributed by atoms with Gasteiger partial charge in [-0.3, -0.25) is 9.59 Å². The Morgan fingerprint density at radius 2 is 1.70 bits per heavy atom. The Hall–Kier alpha value is -3.55. The van der Waals surface area contributed by atoms with Crippen molar-refractivity contribution >= 4 is 17.9 Å². The van der Waals surface area contributed by atoms with E-state index in [-0.39, 0.29) is 23.5 Å². The van der Waals surface area contributed by atoms with Crippen LogP contribution in [0.15, 0.2) is 48.5 Å². The van der Waals surface area contributed by atoms with Gasteiger partial charge in [-0.1, -0.05) is 76.4 Å². The molecule has 0 bridgehead atoms. The van der Waals surface area contributed by atoms with Gasteiger partial charge in [0.25, 0.3) is 0 Å². The lowest BCUT2D eigenvalue weighted by atomic mass is 9.95. The molecule has 2 aromatic rings. The van der Waals surface area contributed by atoms with Crippen molar-refractivity contribution in [1.29, 1.82) is 0 Å². The van der Waals surface area contributed by atoms with Crippen molar-refractivity contribution in [2.24, 2.45) is 5.92 Å². The highest BCUT2D eigenvalue weighted by atomic mass is 16.6. The summed E-state index contributed by atoms with van der Waals surface area (Å²) in [7, 11) is 0. The zero-order valence-electron chi connectivity index (χ0n) is 25.1. The summed E-state index contributed by atoms with van der Waals surface area (Å²) in [5.74, 6) is -0.774. The molecular formula is C32H47N3O5. The zero-order valence-corrected chi connectivity index (χ0v) is 25.1. The number of hydrogen-bond donors (Lipinski definition) is 3. The molecule has 0 aliphatic rings. The molecule has 3 N–H and O–H groups in total. The number of alkyl carbamates (subject to hydrolysis) is 1. The summed E-state index contributed by atoms with van der Waals surface area (Å²) in [5.41, 5.74) is 1.40. The van der Waals surface area contributed by atoms with E-state index < -0.39 is 23.8 Å². The third-order valence-electron chi connectivity index (χ3n) is 6.84. The van der Waals surface area contributed by atoms with Crippen LogP contribution in [0.5, 0.6) is 5.75 Å². The highest BCUT2D eigenvalue weighted by Gasteiger charge is 2.38. The van der Waals surface area contributed by atoms with Gasteiger partial charge >= 0.3 is 6.09 Å². The number of phenolic OH excluding ortho intramolecular Hbond substituents is 1. The van der Waals surface area contributed by atoms with Crippen molar-refractivity contribution in [1.82, 2.24) is 15.5 Å². The van der Waals surface area contributed by atoms with Crippen molar-refractivity contribution in [2.45, 2.75) is 98.4 Å². The fourth-order valence-corrected chi connectivity index (χ4v) is 4.40. The number of aromatic hydroxyl groups is 1. The summed E-state index contributed by atoms with van der Waals surface area (Å²) in [5, 5.41) is 16.0. The molecule has 8 nitrogen and oxygen atoms in total. The molecular weight excluding hydrogens is 506 g/mol. The standard InChI is InChI=1S/C32H47N3O5/c1-8-10-14-19-35(30(38)27(22(3)9-2)34-31(39)40-32(5,6)7)28(25-17-18-26(36)23(4)20-25)29(37)33-21-24-15-12-11-13-16-24/h11-13,15-18,20,22,27-28,36H,8-10,14,19,21H2,1-7H3,(H,33,37)(H,34,39). The lowest BCUT2D eigenvalue weighted by Gasteiger charge is -2.36. The maximum absolute atomic E-state index is 14.3. The van der Waals surface area contributed by atoms with Crippen LogP contribution in [0.1, 0.15) is 90.0 Å². The predicted molar refractivity (Wildman–Crippen MR) is 158 cm³/mol. The number of hydrogen-bond acceptors (Lipinski definition) is 5. The van der Waals surface area contributed by atoms with E-state index in [9.17, 15) is 19.5 Å². The van der Waals surface area contributed by atoms with E-state index in [2.05, 4.69) is 17.6 Å². The zero-order chi connectivity index (χ0) is 29.9. The number of amides is 3. The topological polar surface area (TPSA) is 108 Å². The first-order valence-electron chi connectivity index (χ1n) is 14.3. The first kappa shape index (κ1) is 32.7. The second-order valence-corrected chi connectivity index (χ2v) is 11.4. The Balaban J connectivity index is 2.52. The van der Waals surface area contributed by atoms with Crippen LogP contribution in [0, 0.1) is 12.8 Å². The van der Waals surface area contributed by atoms with Crippen LogP contribution in [0.25, 0.3) is 0 Å². The second kappa shape index (κ2) is 15.3.